The van der Waals surface area contributed by atoms with Crippen LogP contribution < -0.4 is 22.1 Å². The molecule has 0 spiro atoms. The Labute approximate surface area is 172 Å². The van der Waals surface area contributed by atoms with Gasteiger partial charge in [0.2, 0.25) is 0 Å². The van der Waals surface area contributed by atoms with Gasteiger partial charge in [0.25, 0.3) is 0 Å². The molecule has 1 aliphatic carbocycles. The highest BCUT2D eigenvalue weighted by Crippen LogP contribution is 2.27. The van der Waals surface area contributed by atoms with Crippen molar-refractivity contribution in [1.29, 1.82) is 0 Å². The summed E-state index contributed by atoms with van der Waals surface area (Å²) in [5, 5.41) is 45.0. The van der Waals surface area contributed by atoms with Crippen LogP contribution in [-0.2, 0) is 9.47 Å². The summed E-state index contributed by atoms with van der Waals surface area (Å²) in [5.74, 6) is 0. The monoisotopic (exact) mass is 420 g/mol. The second-order valence-corrected chi connectivity index (χ2v) is 8.24. The first-order valence-corrected chi connectivity index (χ1v) is 10.8. The molecule has 0 aromatic rings. The molecule has 172 valence electrons. The van der Waals surface area contributed by atoms with Gasteiger partial charge >= 0.3 is 0 Å². The van der Waals surface area contributed by atoms with Crippen LogP contribution in [0.2, 0.25) is 0 Å². The molecule has 1 saturated heterocycles. The molecule has 1 saturated carbocycles. The van der Waals surface area contributed by atoms with E-state index < -0.39 is 30.6 Å². The molecule has 10 heteroatoms. The second-order valence-electron chi connectivity index (χ2n) is 8.24. The molecule has 1 heterocycles. The van der Waals surface area contributed by atoms with E-state index in [0.29, 0.717) is 38.9 Å². The van der Waals surface area contributed by atoms with Crippen LogP contribution in [0.15, 0.2) is 0 Å². The summed E-state index contributed by atoms with van der Waals surface area (Å²) in [6.45, 7) is 1.21. The van der Waals surface area contributed by atoms with Crippen molar-refractivity contribution in [2.24, 2.45) is 11.5 Å². The summed E-state index contributed by atoms with van der Waals surface area (Å²) in [6.07, 6.45) is 2.05. The van der Waals surface area contributed by atoms with Gasteiger partial charge in [-0.3, -0.25) is 0 Å². The SMILES string of the molecule is NCCC(O)CNCC1CCC[C@@H](O[C@@H]2C(N)CC(NC(CO)CO)CC2O)O1. The molecule has 29 heavy (non-hydrogen) atoms. The van der Waals surface area contributed by atoms with Crippen molar-refractivity contribution in [1.82, 2.24) is 10.6 Å². The van der Waals surface area contributed by atoms with Crippen LogP contribution in [0.3, 0.4) is 0 Å². The first-order valence-electron chi connectivity index (χ1n) is 10.8. The van der Waals surface area contributed by atoms with E-state index in [2.05, 4.69) is 10.6 Å². The minimum absolute atomic E-state index is 0.0138. The molecule has 7 atom stereocenters. The molecule has 2 aliphatic rings. The first kappa shape index (κ1) is 24.9. The Morgan fingerprint density at radius 2 is 1.93 bits per heavy atom. The van der Waals surface area contributed by atoms with Crippen molar-refractivity contribution in [3.8, 4) is 0 Å². The van der Waals surface area contributed by atoms with Gasteiger partial charge in [-0.05, 0) is 45.1 Å². The lowest BCUT2D eigenvalue weighted by atomic mass is 9.86. The number of nitrogens with two attached hydrogens (primary N) is 2. The highest BCUT2D eigenvalue weighted by molar-refractivity contribution is 4.94. The lowest BCUT2D eigenvalue weighted by Crippen LogP contribution is -2.58. The van der Waals surface area contributed by atoms with Gasteiger partial charge in [0.15, 0.2) is 6.29 Å². The van der Waals surface area contributed by atoms with Gasteiger partial charge in [-0.2, -0.15) is 0 Å². The van der Waals surface area contributed by atoms with Crippen LogP contribution in [0.5, 0.6) is 0 Å². The summed E-state index contributed by atoms with van der Waals surface area (Å²) in [7, 11) is 0. The molecule has 1 aliphatic heterocycles. The third-order valence-electron chi connectivity index (χ3n) is 5.67. The standard InChI is InChI=1S/C19H40N4O6/c20-5-4-14(26)8-22-9-15-2-1-3-18(28-15)29-19-16(21)6-12(7-17(19)27)23-13(10-24)11-25/h12-19,22-27H,1-11,20-21H2/t12?,14?,15?,16?,17?,18-,19-/m1/s1. The van der Waals surface area contributed by atoms with Gasteiger partial charge < -0.3 is 52.0 Å². The van der Waals surface area contributed by atoms with Crippen molar-refractivity contribution in [2.45, 2.75) is 87.4 Å². The van der Waals surface area contributed by atoms with Crippen LogP contribution >= 0.6 is 0 Å². The van der Waals surface area contributed by atoms with E-state index in [1.807, 2.05) is 0 Å². The first-order chi connectivity index (χ1) is 14.0. The van der Waals surface area contributed by atoms with Crippen LogP contribution in [0.4, 0.5) is 0 Å². The summed E-state index contributed by atoms with van der Waals surface area (Å²) >= 11 is 0. The highest BCUT2D eigenvalue weighted by Gasteiger charge is 2.38. The zero-order valence-electron chi connectivity index (χ0n) is 17.2. The molecule has 2 rings (SSSR count). The van der Waals surface area contributed by atoms with Crippen molar-refractivity contribution in [3.05, 3.63) is 0 Å². The maximum absolute atomic E-state index is 10.5. The van der Waals surface area contributed by atoms with Gasteiger partial charge in [-0.25, -0.2) is 0 Å². The van der Waals surface area contributed by atoms with E-state index in [4.69, 9.17) is 20.9 Å². The summed E-state index contributed by atoms with van der Waals surface area (Å²) in [4.78, 5) is 0. The Bertz CT molecular complexity index is 433. The number of rotatable bonds is 12. The third kappa shape index (κ3) is 8.33. The Kier molecular flexibility index (Phi) is 11.2. The van der Waals surface area contributed by atoms with E-state index in [1.165, 1.54) is 0 Å². The normalized spacial score (nSPS) is 34.4. The molecule has 10 nitrogen and oxygen atoms in total. The topological polar surface area (TPSA) is 175 Å². The molecule has 0 bridgehead atoms. The van der Waals surface area contributed by atoms with Crippen molar-refractivity contribution in [2.75, 3.05) is 32.8 Å². The fourth-order valence-corrected chi connectivity index (χ4v) is 4.09. The van der Waals surface area contributed by atoms with Gasteiger partial charge in [-0.15, -0.1) is 0 Å². The average molecular weight is 421 g/mol. The van der Waals surface area contributed by atoms with Gasteiger partial charge in [0.1, 0.15) is 6.10 Å². The van der Waals surface area contributed by atoms with Crippen molar-refractivity contribution < 1.29 is 29.9 Å². The van der Waals surface area contributed by atoms with Crippen LogP contribution in [0.1, 0.15) is 38.5 Å². The summed E-state index contributed by atoms with van der Waals surface area (Å²) < 4.78 is 12.1. The van der Waals surface area contributed by atoms with Crippen LogP contribution in [0.25, 0.3) is 0 Å². The molecule has 0 radical (unpaired) electrons. The van der Waals surface area contributed by atoms with Gasteiger partial charge in [0.05, 0.1) is 37.6 Å². The summed E-state index contributed by atoms with van der Waals surface area (Å²) in [5.41, 5.74) is 11.7. The molecular formula is C19H40N4O6. The van der Waals surface area contributed by atoms with E-state index in [0.717, 1.165) is 19.3 Å². The van der Waals surface area contributed by atoms with E-state index in [1.54, 1.807) is 0 Å². The molecule has 0 aromatic carbocycles. The zero-order chi connectivity index (χ0) is 21.2. The third-order valence-corrected chi connectivity index (χ3v) is 5.67. The number of nitrogens with one attached hydrogen (secondary N) is 2. The Morgan fingerprint density at radius 1 is 1.17 bits per heavy atom. The minimum atomic E-state index is -0.747. The van der Waals surface area contributed by atoms with E-state index in [-0.39, 0.29) is 31.4 Å². The van der Waals surface area contributed by atoms with Gasteiger partial charge in [0, 0.05) is 25.2 Å². The maximum atomic E-state index is 10.5. The van der Waals surface area contributed by atoms with Gasteiger partial charge in [-0.1, -0.05) is 0 Å². The second kappa shape index (κ2) is 13.1. The number of hydrogen-bond donors (Lipinski definition) is 8. The molecule has 2 fully saturated rings. The number of aliphatic hydroxyl groups is 4. The van der Waals surface area contributed by atoms with Crippen molar-refractivity contribution >= 4 is 0 Å². The molecular weight excluding hydrogens is 380 g/mol. The van der Waals surface area contributed by atoms with E-state index in [9.17, 15) is 20.4 Å². The fourth-order valence-electron chi connectivity index (χ4n) is 4.09. The Hall–Kier alpha value is -0.400. The lowest BCUT2D eigenvalue weighted by molar-refractivity contribution is -0.237. The number of hydrogen-bond acceptors (Lipinski definition) is 10. The fraction of sp³-hybridized carbons (Fsp3) is 1.00. The molecule has 10 N–H and O–H groups in total. The Balaban J connectivity index is 1.75. The van der Waals surface area contributed by atoms with Crippen molar-refractivity contribution in [3.63, 3.8) is 0 Å². The lowest BCUT2D eigenvalue weighted by Gasteiger charge is -2.41. The maximum Gasteiger partial charge on any atom is 0.158 e. The zero-order valence-corrected chi connectivity index (χ0v) is 17.2. The molecule has 0 aromatic heterocycles. The van der Waals surface area contributed by atoms with Crippen LogP contribution in [0, 0.1) is 0 Å². The smallest absolute Gasteiger partial charge is 0.158 e. The molecule has 0 amide bonds. The summed E-state index contributed by atoms with van der Waals surface area (Å²) in [6, 6.07) is -0.883. The Morgan fingerprint density at radius 3 is 2.59 bits per heavy atom. The number of ether oxygens (including phenoxy) is 2. The predicted molar refractivity (Wildman–Crippen MR) is 108 cm³/mol. The quantitative estimate of drug-likeness (QED) is 0.167. The molecule has 5 unspecified atom stereocenters. The predicted octanol–water partition coefficient (Wildman–Crippen LogP) is -2.64. The average Bonchev–Trinajstić information content (AvgIpc) is 2.69. The highest BCUT2D eigenvalue weighted by atomic mass is 16.7. The largest absolute Gasteiger partial charge is 0.395 e. The number of aliphatic hydroxyl groups excluding tert-OH is 4. The van der Waals surface area contributed by atoms with E-state index >= 15 is 0 Å². The van der Waals surface area contributed by atoms with Crippen LogP contribution in [-0.4, -0.2) is 102 Å². The minimum Gasteiger partial charge on any atom is -0.395 e.